The fourth-order valence-electron chi connectivity index (χ4n) is 1.03. The van der Waals surface area contributed by atoms with Crippen molar-refractivity contribution in [1.29, 1.82) is 0 Å². The average Bonchev–Trinajstić information content (AvgIpc) is 2.08. The molecule has 0 aliphatic rings. The van der Waals surface area contributed by atoms with E-state index in [1.807, 2.05) is 0 Å². The van der Waals surface area contributed by atoms with Gasteiger partial charge in [0.25, 0.3) is 5.91 Å². The molecule has 4 heteroatoms. The molecule has 0 aromatic heterocycles. The summed E-state index contributed by atoms with van der Waals surface area (Å²) in [6, 6.07) is 4.13. The van der Waals surface area contributed by atoms with Gasteiger partial charge in [0, 0.05) is 5.56 Å². The van der Waals surface area contributed by atoms with Crippen molar-refractivity contribution in [2.75, 3.05) is 0 Å². The maximum absolute atomic E-state index is 13.0. The monoisotopic (exact) mass is 183 g/mol. The van der Waals surface area contributed by atoms with Crippen LogP contribution in [0.5, 0.6) is 0 Å². The molecular formula is C9H10FNO2. The third kappa shape index (κ3) is 2.03. The van der Waals surface area contributed by atoms with E-state index < -0.39 is 17.8 Å². The molecule has 0 bridgehead atoms. The van der Waals surface area contributed by atoms with E-state index in [0.717, 1.165) is 5.56 Å². The second-order valence-corrected chi connectivity index (χ2v) is 2.83. The van der Waals surface area contributed by atoms with Gasteiger partial charge in [0.1, 0.15) is 5.82 Å². The first-order chi connectivity index (χ1) is 6.02. The first kappa shape index (κ1) is 9.67. The van der Waals surface area contributed by atoms with Crippen molar-refractivity contribution in [2.24, 2.45) is 5.73 Å². The van der Waals surface area contributed by atoms with Crippen LogP contribution in [0.1, 0.15) is 17.2 Å². The molecule has 0 radical (unpaired) electrons. The van der Waals surface area contributed by atoms with Crippen LogP contribution in [-0.4, -0.2) is 11.0 Å². The van der Waals surface area contributed by atoms with E-state index in [4.69, 9.17) is 5.73 Å². The summed E-state index contributed by atoms with van der Waals surface area (Å²) < 4.78 is 13.0. The minimum absolute atomic E-state index is 0.0764. The number of halogens is 1. The fourth-order valence-corrected chi connectivity index (χ4v) is 1.03. The molecule has 0 spiro atoms. The largest absolute Gasteiger partial charge is 0.378 e. The first-order valence-corrected chi connectivity index (χ1v) is 3.76. The highest BCUT2D eigenvalue weighted by Crippen LogP contribution is 2.17. The van der Waals surface area contributed by atoms with Crippen LogP contribution in [0.2, 0.25) is 0 Å². The van der Waals surface area contributed by atoms with Crippen LogP contribution < -0.4 is 5.73 Å². The number of hydrogen-bond donors (Lipinski definition) is 2. The summed E-state index contributed by atoms with van der Waals surface area (Å²) in [4.78, 5) is 10.6. The number of amides is 1. The van der Waals surface area contributed by atoms with Gasteiger partial charge in [-0.15, -0.1) is 0 Å². The predicted octanol–water partition coefficient (Wildman–Crippen LogP) is 0.653. The number of aryl methyl sites for hydroxylation is 1. The second-order valence-electron chi connectivity index (χ2n) is 2.83. The zero-order chi connectivity index (χ0) is 10.0. The van der Waals surface area contributed by atoms with Gasteiger partial charge in [-0.25, -0.2) is 4.39 Å². The summed E-state index contributed by atoms with van der Waals surface area (Å²) in [5.74, 6) is -1.58. The Morgan fingerprint density at radius 1 is 1.62 bits per heavy atom. The van der Waals surface area contributed by atoms with Crippen LogP contribution in [0.3, 0.4) is 0 Å². The average molecular weight is 183 g/mol. The standard InChI is InChI=1S/C9H10FNO2/c1-5-2-3-7(10)6(4-5)8(12)9(11)13/h2-4,8,12H,1H3,(H2,11,13). The van der Waals surface area contributed by atoms with E-state index >= 15 is 0 Å². The molecule has 1 aromatic carbocycles. The third-order valence-corrected chi connectivity index (χ3v) is 1.72. The van der Waals surface area contributed by atoms with Gasteiger partial charge in [-0.05, 0) is 13.0 Å². The quantitative estimate of drug-likeness (QED) is 0.707. The number of rotatable bonds is 2. The van der Waals surface area contributed by atoms with Crippen molar-refractivity contribution < 1.29 is 14.3 Å². The Kier molecular flexibility index (Phi) is 2.63. The van der Waals surface area contributed by atoms with Gasteiger partial charge in [0.15, 0.2) is 6.10 Å². The topological polar surface area (TPSA) is 63.3 Å². The molecule has 3 nitrogen and oxygen atoms in total. The molecular weight excluding hydrogens is 173 g/mol. The van der Waals surface area contributed by atoms with Gasteiger partial charge >= 0.3 is 0 Å². The number of hydrogen-bond acceptors (Lipinski definition) is 2. The van der Waals surface area contributed by atoms with Gasteiger partial charge in [0.05, 0.1) is 0 Å². The first-order valence-electron chi connectivity index (χ1n) is 3.76. The summed E-state index contributed by atoms with van der Waals surface area (Å²) in [6.07, 6.45) is -1.57. The molecule has 0 aliphatic heterocycles. The number of aliphatic hydroxyl groups is 1. The Morgan fingerprint density at radius 2 is 2.23 bits per heavy atom. The molecule has 1 amide bonds. The summed E-state index contributed by atoms with van der Waals surface area (Å²) in [6.45, 7) is 1.73. The van der Waals surface area contributed by atoms with E-state index in [1.54, 1.807) is 13.0 Å². The minimum atomic E-state index is -1.57. The van der Waals surface area contributed by atoms with Crippen LogP contribution in [-0.2, 0) is 4.79 Å². The highest BCUT2D eigenvalue weighted by atomic mass is 19.1. The zero-order valence-electron chi connectivity index (χ0n) is 7.12. The normalized spacial score (nSPS) is 12.5. The maximum Gasteiger partial charge on any atom is 0.251 e. The van der Waals surface area contributed by atoms with Crippen molar-refractivity contribution in [2.45, 2.75) is 13.0 Å². The summed E-state index contributed by atoms with van der Waals surface area (Å²) in [7, 11) is 0. The van der Waals surface area contributed by atoms with Crippen molar-refractivity contribution in [3.63, 3.8) is 0 Å². The van der Waals surface area contributed by atoms with Gasteiger partial charge in [-0.3, -0.25) is 4.79 Å². The number of carbonyl (C=O) groups excluding carboxylic acids is 1. The lowest BCUT2D eigenvalue weighted by Gasteiger charge is -2.08. The fraction of sp³-hybridized carbons (Fsp3) is 0.222. The number of aliphatic hydroxyl groups excluding tert-OH is 1. The second kappa shape index (κ2) is 3.53. The lowest BCUT2D eigenvalue weighted by atomic mass is 10.1. The molecule has 0 saturated heterocycles. The molecule has 0 aliphatic carbocycles. The molecule has 13 heavy (non-hydrogen) atoms. The summed E-state index contributed by atoms with van der Waals surface area (Å²) >= 11 is 0. The summed E-state index contributed by atoms with van der Waals surface area (Å²) in [5.41, 5.74) is 5.52. The van der Waals surface area contributed by atoms with Crippen molar-refractivity contribution in [3.05, 3.63) is 35.1 Å². The molecule has 3 N–H and O–H groups in total. The Balaban J connectivity index is 3.12. The van der Waals surface area contributed by atoms with Crippen LogP contribution in [0.4, 0.5) is 4.39 Å². The van der Waals surface area contributed by atoms with Crippen LogP contribution in [0.25, 0.3) is 0 Å². The van der Waals surface area contributed by atoms with E-state index in [0.29, 0.717) is 0 Å². The van der Waals surface area contributed by atoms with E-state index in [2.05, 4.69) is 0 Å². The third-order valence-electron chi connectivity index (χ3n) is 1.72. The highest BCUT2D eigenvalue weighted by molar-refractivity contribution is 5.80. The molecule has 0 fully saturated rings. The lowest BCUT2D eigenvalue weighted by molar-refractivity contribution is -0.126. The smallest absolute Gasteiger partial charge is 0.251 e. The maximum atomic E-state index is 13.0. The van der Waals surface area contributed by atoms with Crippen LogP contribution in [0.15, 0.2) is 18.2 Å². The Bertz CT molecular complexity index is 338. The number of benzene rings is 1. The van der Waals surface area contributed by atoms with Gasteiger partial charge < -0.3 is 10.8 Å². The Hall–Kier alpha value is -1.42. The van der Waals surface area contributed by atoms with Crippen LogP contribution >= 0.6 is 0 Å². The van der Waals surface area contributed by atoms with Crippen molar-refractivity contribution in [1.82, 2.24) is 0 Å². The molecule has 1 rings (SSSR count). The van der Waals surface area contributed by atoms with Crippen LogP contribution in [0, 0.1) is 12.7 Å². The Morgan fingerprint density at radius 3 is 2.77 bits per heavy atom. The Labute approximate surface area is 75.0 Å². The van der Waals surface area contributed by atoms with Crippen molar-refractivity contribution in [3.8, 4) is 0 Å². The van der Waals surface area contributed by atoms with E-state index in [1.165, 1.54) is 12.1 Å². The number of nitrogens with two attached hydrogens (primary N) is 1. The highest BCUT2D eigenvalue weighted by Gasteiger charge is 2.17. The molecule has 1 unspecified atom stereocenters. The van der Waals surface area contributed by atoms with Crippen molar-refractivity contribution >= 4 is 5.91 Å². The van der Waals surface area contributed by atoms with E-state index in [-0.39, 0.29) is 5.56 Å². The lowest BCUT2D eigenvalue weighted by Crippen LogP contribution is -2.21. The SMILES string of the molecule is Cc1ccc(F)c(C(O)C(N)=O)c1. The minimum Gasteiger partial charge on any atom is -0.378 e. The van der Waals surface area contributed by atoms with Gasteiger partial charge in [-0.1, -0.05) is 17.7 Å². The molecule has 70 valence electrons. The number of primary amides is 1. The molecule has 1 aromatic rings. The molecule has 0 saturated carbocycles. The van der Waals surface area contributed by atoms with Gasteiger partial charge in [0.2, 0.25) is 0 Å². The summed E-state index contributed by atoms with van der Waals surface area (Å²) in [5, 5.41) is 9.19. The predicted molar refractivity (Wildman–Crippen MR) is 45.3 cm³/mol. The molecule has 1 atom stereocenters. The van der Waals surface area contributed by atoms with E-state index in [9.17, 15) is 14.3 Å². The molecule has 0 heterocycles. The number of carbonyl (C=O) groups is 1. The van der Waals surface area contributed by atoms with Gasteiger partial charge in [-0.2, -0.15) is 0 Å². The zero-order valence-corrected chi connectivity index (χ0v) is 7.12.